The third-order valence-electron chi connectivity index (χ3n) is 3.15. The topological polar surface area (TPSA) is 87.7 Å². The van der Waals surface area contributed by atoms with Gasteiger partial charge in [0, 0.05) is 12.1 Å². The summed E-state index contributed by atoms with van der Waals surface area (Å²) >= 11 is 0. The van der Waals surface area contributed by atoms with Crippen LogP contribution in [0.4, 0.5) is 5.69 Å². The van der Waals surface area contributed by atoms with E-state index >= 15 is 0 Å². The van der Waals surface area contributed by atoms with Crippen LogP contribution in [0.3, 0.4) is 0 Å². The molecule has 114 valence electrons. The number of fused-ring (bicyclic) bond motifs is 1. The first-order valence-corrected chi connectivity index (χ1v) is 6.97. The molecule has 1 aromatic carbocycles. The summed E-state index contributed by atoms with van der Waals surface area (Å²) in [6, 6.07) is 5.59. The Kier molecular flexibility index (Phi) is 4.80. The van der Waals surface area contributed by atoms with Crippen LogP contribution in [0.15, 0.2) is 18.2 Å². The molecule has 0 radical (unpaired) electrons. The molecule has 0 saturated heterocycles. The SMILES string of the molecule is CC(C)NC(CC(=O)O)Cc1ccc2c(c1)NC(=O)CO2. The standard InChI is InChI=1S/C15H20N2O4/c1-9(2)16-11(7-15(19)20)5-10-3-4-13-12(6-10)17-14(18)8-21-13/h3-4,6,9,11,16H,5,7-8H2,1-2H3,(H,17,18)(H,19,20). The van der Waals surface area contributed by atoms with Gasteiger partial charge in [-0.05, 0) is 24.1 Å². The minimum absolute atomic E-state index is 0.0306. The van der Waals surface area contributed by atoms with Crippen molar-refractivity contribution in [2.75, 3.05) is 11.9 Å². The van der Waals surface area contributed by atoms with Gasteiger partial charge in [-0.1, -0.05) is 19.9 Å². The largest absolute Gasteiger partial charge is 0.482 e. The number of ether oxygens (including phenoxy) is 1. The lowest BCUT2D eigenvalue weighted by Crippen LogP contribution is -2.38. The molecule has 0 aromatic heterocycles. The molecule has 0 spiro atoms. The smallest absolute Gasteiger partial charge is 0.304 e. The molecule has 1 aliphatic rings. The molecular weight excluding hydrogens is 272 g/mol. The van der Waals surface area contributed by atoms with E-state index in [0.29, 0.717) is 17.9 Å². The summed E-state index contributed by atoms with van der Waals surface area (Å²) in [5.74, 6) is -0.366. The Balaban J connectivity index is 2.11. The summed E-state index contributed by atoms with van der Waals surface area (Å²) in [4.78, 5) is 22.3. The number of hydrogen-bond acceptors (Lipinski definition) is 4. The highest BCUT2D eigenvalue weighted by atomic mass is 16.5. The maximum absolute atomic E-state index is 11.3. The number of aliphatic carboxylic acids is 1. The van der Waals surface area contributed by atoms with E-state index in [-0.39, 0.29) is 31.0 Å². The number of amides is 1. The number of rotatable bonds is 6. The van der Waals surface area contributed by atoms with Gasteiger partial charge < -0.3 is 20.5 Å². The van der Waals surface area contributed by atoms with Crippen LogP contribution < -0.4 is 15.4 Å². The van der Waals surface area contributed by atoms with Crippen LogP contribution in [-0.2, 0) is 16.0 Å². The fourth-order valence-electron chi connectivity index (χ4n) is 2.41. The van der Waals surface area contributed by atoms with E-state index in [1.807, 2.05) is 26.0 Å². The molecule has 1 aliphatic heterocycles. The number of nitrogens with one attached hydrogen (secondary N) is 2. The van der Waals surface area contributed by atoms with Crippen molar-refractivity contribution in [3.05, 3.63) is 23.8 Å². The predicted molar refractivity (Wildman–Crippen MR) is 78.6 cm³/mol. The van der Waals surface area contributed by atoms with Crippen molar-refractivity contribution in [2.24, 2.45) is 0 Å². The van der Waals surface area contributed by atoms with Crippen molar-refractivity contribution in [3.63, 3.8) is 0 Å². The van der Waals surface area contributed by atoms with Crippen LogP contribution in [0, 0.1) is 0 Å². The highest BCUT2D eigenvalue weighted by molar-refractivity contribution is 5.95. The first kappa shape index (κ1) is 15.3. The van der Waals surface area contributed by atoms with E-state index in [1.165, 1.54) is 0 Å². The molecule has 0 aliphatic carbocycles. The van der Waals surface area contributed by atoms with Gasteiger partial charge >= 0.3 is 5.97 Å². The predicted octanol–water partition coefficient (Wildman–Crippen LogP) is 1.40. The van der Waals surface area contributed by atoms with Gasteiger partial charge in [0.25, 0.3) is 5.91 Å². The van der Waals surface area contributed by atoms with Crippen LogP contribution in [0.1, 0.15) is 25.8 Å². The third-order valence-corrected chi connectivity index (χ3v) is 3.15. The van der Waals surface area contributed by atoms with Crippen molar-refractivity contribution in [2.45, 2.75) is 38.8 Å². The summed E-state index contributed by atoms with van der Waals surface area (Å²) in [5.41, 5.74) is 1.60. The summed E-state index contributed by atoms with van der Waals surface area (Å²) in [5, 5.41) is 15.0. The Morgan fingerprint density at radius 2 is 2.24 bits per heavy atom. The van der Waals surface area contributed by atoms with Crippen molar-refractivity contribution >= 4 is 17.6 Å². The molecule has 1 aromatic rings. The van der Waals surface area contributed by atoms with Gasteiger partial charge in [0.1, 0.15) is 5.75 Å². The molecule has 1 heterocycles. The van der Waals surface area contributed by atoms with Crippen molar-refractivity contribution in [3.8, 4) is 5.75 Å². The van der Waals surface area contributed by atoms with E-state index in [1.54, 1.807) is 6.07 Å². The minimum atomic E-state index is -0.831. The third kappa shape index (κ3) is 4.46. The van der Waals surface area contributed by atoms with E-state index in [2.05, 4.69) is 10.6 Å². The van der Waals surface area contributed by atoms with E-state index < -0.39 is 5.97 Å². The number of anilines is 1. The molecule has 6 heteroatoms. The maximum atomic E-state index is 11.3. The van der Waals surface area contributed by atoms with Gasteiger partial charge in [-0.3, -0.25) is 9.59 Å². The lowest BCUT2D eigenvalue weighted by Gasteiger charge is -2.22. The molecular formula is C15H20N2O4. The minimum Gasteiger partial charge on any atom is -0.482 e. The summed E-state index contributed by atoms with van der Waals surface area (Å²) in [6.45, 7) is 3.99. The quantitative estimate of drug-likeness (QED) is 0.737. The highest BCUT2D eigenvalue weighted by Crippen LogP contribution is 2.29. The molecule has 1 atom stereocenters. The second-order valence-electron chi connectivity index (χ2n) is 5.49. The zero-order valence-corrected chi connectivity index (χ0v) is 12.2. The lowest BCUT2D eigenvalue weighted by molar-refractivity contribution is -0.137. The molecule has 1 amide bonds. The Hall–Kier alpha value is -2.08. The van der Waals surface area contributed by atoms with Gasteiger partial charge in [0.05, 0.1) is 12.1 Å². The number of hydrogen-bond donors (Lipinski definition) is 3. The number of carbonyl (C=O) groups excluding carboxylic acids is 1. The van der Waals surface area contributed by atoms with Crippen LogP contribution >= 0.6 is 0 Å². The first-order valence-electron chi connectivity index (χ1n) is 6.97. The van der Waals surface area contributed by atoms with E-state index in [4.69, 9.17) is 9.84 Å². The Bertz CT molecular complexity index is 542. The van der Waals surface area contributed by atoms with Crippen LogP contribution in [-0.4, -0.2) is 35.7 Å². The van der Waals surface area contributed by atoms with Gasteiger partial charge in [0.15, 0.2) is 6.61 Å². The average Bonchev–Trinajstić information content (AvgIpc) is 2.36. The Morgan fingerprint density at radius 3 is 2.90 bits per heavy atom. The van der Waals surface area contributed by atoms with Gasteiger partial charge in [0.2, 0.25) is 0 Å². The molecule has 21 heavy (non-hydrogen) atoms. The first-order chi connectivity index (χ1) is 9.94. The maximum Gasteiger partial charge on any atom is 0.304 e. The lowest BCUT2D eigenvalue weighted by atomic mass is 10.0. The second kappa shape index (κ2) is 6.58. The summed E-state index contributed by atoms with van der Waals surface area (Å²) in [6.07, 6.45) is 0.631. The molecule has 2 rings (SSSR count). The zero-order chi connectivity index (χ0) is 15.4. The Labute approximate surface area is 123 Å². The van der Waals surface area contributed by atoms with Gasteiger partial charge in [-0.25, -0.2) is 0 Å². The number of carboxylic acid groups (broad SMARTS) is 1. The normalized spacial score (nSPS) is 15.1. The van der Waals surface area contributed by atoms with Crippen molar-refractivity contribution in [1.82, 2.24) is 5.32 Å². The average molecular weight is 292 g/mol. The fourth-order valence-corrected chi connectivity index (χ4v) is 2.41. The summed E-state index contributed by atoms with van der Waals surface area (Å²) < 4.78 is 5.30. The molecule has 0 fully saturated rings. The van der Waals surface area contributed by atoms with Gasteiger partial charge in [-0.2, -0.15) is 0 Å². The van der Waals surface area contributed by atoms with E-state index in [9.17, 15) is 9.59 Å². The number of carboxylic acids is 1. The Morgan fingerprint density at radius 1 is 1.48 bits per heavy atom. The second-order valence-corrected chi connectivity index (χ2v) is 5.49. The monoisotopic (exact) mass is 292 g/mol. The van der Waals surface area contributed by atoms with E-state index in [0.717, 1.165) is 5.56 Å². The highest BCUT2D eigenvalue weighted by Gasteiger charge is 2.18. The number of benzene rings is 1. The molecule has 6 nitrogen and oxygen atoms in total. The van der Waals surface area contributed by atoms with Crippen molar-refractivity contribution < 1.29 is 19.4 Å². The van der Waals surface area contributed by atoms with Crippen LogP contribution in [0.2, 0.25) is 0 Å². The molecule has 1 unspecified atom stereocenters. The summed E-state index contributed by atoms with van der Waals surface area (Å²) in [7, 11) is 0. The van der Waals surface area contributed by atoms with Gasteiger partial charge in [-0.15, -0.1) is 0 Å². The fraction of sp³-hybridized carbons (Fsp3) is 0.467. The zero-order valence-electron chi connectivity index (χ0n) is 12.2. The molecule has 0 bridgehead atoms. The van der Waals surface area contributed by atoms with Crippen LogP contribution in [0.25, 0.3) is 0 Å². The molecule has 3 N–H and O–H groups in total. The van der Waals surface area contributed by atoms with Crippen molar-refractivity contribution in [1.29, 1.82) is 0 Å². The van der Waals surface area contributed by atoms with Crippen LogP contribution in [0.5, 0.6) is 5.75 Å². The molecule has 0 saturated carbocycles. The number of carbonyl (C=O) groups is 2.